The lowest BCUT2D eigenvalue weighted by Crippen LogP contribution is -2.02. The van der Waals surface area contributed by atoms with Crippen molar-refractivity contribution in [1.29, 1.82) is 0 Å². The van der Waals surface area contributed by atoms with Gasteiger partial charge in [0.25, 0.3) is 0 Å². The van der Waals surface area contributed by atoms with E-state index in [0.717, 1.165) is 0 Å². The summed E-state index contributed by atoms with van der Waals surface area (Å²) in [7, 11) is 1.54. The van der Waals surface area contributed by atoms with Gasteiger partial charge in [0.05, 0.1) is 17.9 Å². The lowest BCUT2D eigenvalue weighted by Gasteiger charge is -2.04. The van der Waals surface area contributed by atoms with E-state index in [1.807, 2.05) is 0 Å². The summed E-state index contributed by atoms with van der Waals surface area (Å²) in [5.41, 5.74) is 0.455. The minimum atomic E-state index is -0.180. The second kappa shape index (κ2) is 3.77. The highest BCUT2D eigenvalue weighted by molar-refractivity contribution is 5.92. The highest BCUT2D eigenvalue weighted by Gasteiger charge is 2.10. The summed E-state index contributed by atoms with van der Waals surface area (Å²) >= 11 is 0. The maximum Gasteiger partial charge on any atom is 0.200 e. The van der Waals surface area contributed by atoms with Gasteiger partial charge in [-0.3, -0.25) is 4.79 Å². The zero-order chi connectivity index (χ0) is 12.7. The number of hydrogen-bond donors (Lipinski definition) is 1. The summed E-state index contributed by atoms with van der Waals surface area (Å²) in [6.07, 6.45) is 0. The van der Waals surface area contributed by atoms with Gasteiger partial charge in [0.15, 0.2) is 11.3 Å². The van der Waals surface area contributed by atoms with Crippen molar-refractivity contribution in [2.75, 3.05) is 7.11 Å². The Hall–Kier alpha value is -2.49. The van der Waals surface area contributed by atoms with Crippen LogP contribution in [0.5, 0.6) is 11.5 Å². The van der Waals surface area contributed by atoms with Crippen LogP contribution in [0.15, 0.2) is 45.6 Å². The van der Waals surface area contributed by atoms with Crippen molar-refractivity contribution in [1.82, 2.24) is 0 Å². The van der Waals surface area contributed by atoms with Crippen LogP contribution in [0.25, 0.3) is 21.9 Å². The molecule has 1 N–H and O–H groups in total. The first-order valence-corrected chi connectivity index (χ1v) is 5.43. The molecule has 0 spiro atoms. The lowest BCUT2D eigenvalue weighted by atomic mass is 10.1. The summed E-state index contributed by atoms with van der Waals surface area (Å²) in [4.78, 5) is 12.3. The van der Waals surface area contributed by atoms with Gasteiger partial charge in [-0.1, -0.05) is 6.07 Å². The van der Waals surface area contributed by atoms with Crippen LogP contribution in [0, 0.1) is 0 Å². The normalized spacial score (nSPS) is 10.9. The minimum Gasteiger partial charge on any atom is -0.504 e. The number of para-hydroxylation sites is 1. The second-order valence-electron chi connectivity index (χ2n) is 3.95. The number of methoxy groups -OCH3 is 1. The summed E-state index contributed by atoms with van der Waals surface area (Å²) in [5, 5.41) is 10.5. The van der Waals surface area contributed by atoms with Crippen molar-refractivity contribution in [2.24, 2.45) is 0 Å². The Morgan fingerprint density at radius 1 is 1.17 bits per heavy atom. The molecule has 3 aromatic rings. The van der Waals surface area contributed by atoms with Gasteiger partial charge in [-0.25, -0.2) is 0 Å². The van der Waals surface area contributed by atoms with Crippen molar-refractivity contribution < 1.29 is 14.3 Å². The Morgan fingerprint density at radius 3 is 2.78 bits per heavy atom. The number of aromatic hydroxyl groups is 1. The largest absolute Gasteiger partial charge is 0.504 e. The monoisotopic (exact) mass is 242 g/mol. The van der Waals surface area contributed by atoms with Crippen molar-refractivity contribution in [3.05, 3.63) is 46.6 Å². The van der Waals surface area contributed by atoms with Crippen LogP contribution in [0.1, 0.15) is 0 Å². The predicted octanol–water partition coefficient (Wildman–Crippen LogP) is 2.66. The SMILES string of the molecule is COc1ccc2oc3c(O)cccc3c(=O)c2c1. The predicted molar refractivity (Wildman–Crippen MR) is 68.2 cm³/mol. The zero-order valence-electron chi connectivity index (χ0n) is 9.64. The summed E-state index contributed by atoms with van der Waals surface area (Å²) in [5.74, 6) is 0.552. The quantitative estimate of drug-likeness (QED) is 0.666. The molecule has 0 aliphatic carbocycles. The van der Waals surface area contributed by atoms with Crippen LogP contribution < -0.4 is 10.2 Å². The number of hydrogen-bond acceptors (Lipinski definition) is 4. The average molecular weight is 242 g/mol. The second-order valence-corrected chi connectivity index (χ2v) is 3.95. The molecule has 2 aromatic carbocycles. The fourth-order valence-electron chi connectivity index (χ4n) is 1.97. The van der Waals surface area contributed by atoms with E-state index < -0.39 is 0 Å². The van der Waals surface area contributed by atoms with Crippen molar-refractivity contribution >= 4 is 21.9 Å². The van der Waals surface area contributed by atoms with E-state index in [0.29, 0.717) is 22.1 Å². The number of phenols is 1. The maximum atomic E-state index is 12.3. The highest BCUT2D eigenvalue weighted by Crippen LogP contribution is 2.27. The molecule has 1 heterocycles. The van der Waals surface area contributed by atoms with Gasteiger partial charge in [-0.15, -0.1) is 0 Å². The van der Waals surface area contributed by atoms with E-state index in [1.165, 1.54) is 13.2 Å². The number of phenolic OH excluding ortho intramolecular Hbond substituents is 1. The van der Waals surface area contributed by atoms with Crippen LogP contribution in [-0.4, -0.2) is 12.2 Å². The molecule has 1 aromatic heterocycles. The van der Waals surface area contributed by atoms with E-state index in [9.17, 15) is 9.90 Å². The van der Waals surface area contributed by atoms with Crippen LogP contribution in [0.3, 0.4) is 0 Å². The van der Waals surface area contributed by atoms with Gasteiger partial charge in [0.2, 0.25) is 5.43 Å². The first-order valence-electron chi connectivity index (χ1n) is 5.43. The molecule has 0 radical (unpaired) electrons. The van der Waals surface area contributed by atoms with Crippen LogP contribution in [0.4, 0.5) is 0 Å². The van der Waals surface area contributed by atoms with Crippen molar-refractivity contribution in [3.8, 4) is 11.5 Å². The fraction of sp³-hybridized carbons (Fsp3) is 0.0714. The molecule has 0 saturated carbocycles. The standard InChI is InChI=1S/C14H10O4/c1-17-8-5-6-12-10(7-8)13(16)9-3-2-4-11(15)14(9)18-12/h2-7,15H,1H3. The van der Waals surface area contributed by atoms with E-state index in [1.54, 1.807) is 30.3 Å². The molecule has 0 atom stereocenters. The molecular formula is C14H10O4. The molecule has 0 saturated heterocycles. The van der Waals surface area contributed by atoms with Crippen LogP contribution >= 0.6 is 0 Å². The lowest BCUT2D eigenvalue weighted by molar-refractivity contribution is 0.415. The molecule has 4 heteroatoms. The minimum absolute atomic E-state index is 0.0395. The maximum absolute atomic E-state index is 12.3. The van der Waals surface area contributed by atoms with E-state index in [-0.39, 0.29) is 16.8 Å². The van der Waals surface area contributed by atoms with E-state index in [4.69, 9.17) is 9.15 Å². The first kappa shape index (κ1) is 10.7. The smallest absolute Gasteiger partial charge is 0.200 e. The van der Waals surface area contributed by atoms with E-state index >= 15 is 0 Å². The van der Waals surface area contributed by atoms with Crippen molar-refractivity contribution in [2.45, 2.75) is 0 Å². The van der Waals surface area contributed by atoms with Gasteiger partial charge < -0.3 is 14.3 Å². The number of fused-ring (bicyclic) bond motifs is 2. The Balaban J connectivity index is 2.53. The molecule has 0 aliphatic rings. The Labute approximate surface area is 102 Å². The molecule has 3 rings (SSSR count). The first-order chi connectivity index (χ1) is 8.70. The number of benzene rings is 2. The molecule has 0 bridgehead atoms. The highest BCUT2D eigenvalue weighted by atomic mass is 16.5. The van der Waals surface area contributed by atoms with Crippen LogP contribution in [-0.2, 0) is 0 Å². The van der Waals surface area contributed by atoms with Gasteiger partial charge in [0.1, 0.15) is 11.3 Å². The molecule has 0 aliphatic heterocycles. The van der Waals surface area contributed by atoms with Crippen molar-refractivity contribution in [3.63, 3.8) is 0 Å². The Kier molecular flexibility index (Phi) is 2.23. The molecule has 0 fully saturated rings. The summed E-state index contributed by atoms with van der Waals surface area (Å²) in [6.45, 7) is 0. The zero-order valence-corrected chi connectivity index (χ0v) is 9.64. The third-order valence-corrected chi connectivity index (χ3v) is 2.88. The third kappa shape index (κ3) is 1.43. The molecule has 0 amide bonds. The third-order valence-electron chi connectivity index (χ3n) is 2.88. The topological polar surface area (TPSA) is 59.7 Å². The average Bonchev–Trinajstić information content (AvgIpc) is 2.40. The Morgan fingerprint density at radius 2 is 2.00 bits per heavy atom. The van der Waals surface area contributed by atoms with Gasteiger partial charge in [-0.2, -0.15) is 0 Å². The number of ether oxygens (including phenoxy) is 1. The van der Waals surface area contributed by atoms with Gasteiger partial charge in [-0.05, 0) is 30.3 Å². The van der Waals surface area contributed by atoms with E-state index in [2.05, 4.69) is 0 Å². The molecular weight excluding hydrogens is 232 g/mol. The molecule has 4 nitrogen and oxygen atoms in total. The fourth-order valence-corrected chi connectivity index (χ4v) is 1.97. The molecule has 90 valence electrons. The van der Waals surface area contributed by atoms with Gasteiger partial charge >= 0.3 is 0 Å². The molecule has 18 heavy (non-hydrogen) atoms. The number of rotatable bonds is 1. The summed E-state index contributed by atoms with van der Waals surface area (Å²) < 4.78 is 10.6. The molecule has 0 unspecified atom stereocenters. The van der Waals surface area contributed by atoms with Gasteiger partial charge in [0, 0.05) is 0 Å². The Bertz CT molecular complexity index is 802. The summed E-state index contributed by atoms with van der Waals surface area (Å²) in [6, 6.07) is 9.71. The van der Waals surface area contributed by atoms with Crippen LogP contribution in [0.2, 0.25) is 0 Å².